The minimum Gasteiger partial charge on any atom is -0.351 e. The Morgan fingerprint density at radius 1 is 1.14 bits per heavy atom. The second-order valence-electron chi connectivity index (χ2n) is 6.05. The van der Waals surface area contributed by atoms with E-state index in [4.69, 9.17) is 0 Å². The SMILES string of the molecule is Cc1cccc(C)c1-n1cnc(NC2CCCCC2)nc1=O. The zero-order valence-corrected chi connectivity index (χ0v) is 13.2. The second kappa shape index (κ2) is 6.30. The summed E-state index contributed by atoms with van der Waals surface area (Å²) in [6, 6.07) is 6.36. The molecule has 3 rings (SSSR count). The molecule has 1 aromatic heterocycles. The highest BCUT2D eigenvalue weighted by atomic mass is 16.1. The van der Waals surface area contributed by atoms with E-state index in [1.54, 1.807) is 6.33 Å². The van der Waals surface area contributed by atoms with Gasteiger partial charge in [-0.2, -0.15) is 4.98 Å². The number of aryl methyl sites for hydroxylation is 2. The Bertz CT molecular complexity index is 697. The molecule has 1 saturated carbocycles. The molecule has 0 aliphatic heterocycles. The van der Waals surface area contributed by atoms with Crippen LogP contribution < -0.4 is 11.0 Å². The van der Waals surface area contributed by atoms with Gasteiger partial charge in [-0.15, -0.1) is 0 Å². The van der Waals surface area contributed by atoms with Gasteiger partial charge in [0.25, 0.3) is 0 Å². The fourth-order valence-corrected chi connectivity index (χ4v) is 3.17. The van der Waals surface area contributed by atoms with Gasteiger partial charge in [-0.05, 0) is 37.8 Å². The molecule has 0 bridgehead atoms. The third kappa shape index (κ3) is 3.03. The molecule has 0 unspecified atom stereocenters. The molecule has 0 atom stereocenters. The first-order valence-corrected chi connectivity index (χ1v) is 7.94. The maximum Gasteiger partial charge on any atom is 0.356 e. The lowest BCUT2D eigenvalue weighted by atomic mass is 9.96. The molecule has 116 valence electrons. The van der Waals surface area contributed by atoms with E-state index in [1.165, 1.54) is 23.8 Å². The Balaban J connectivity index is 1.88. The summed E-state index contributed by atoms with van der Waals surface area (Å²) in [5.74, 6) is 0.444. The zero-order valence-electron chi connectivity index (χ0n) is 13.2. The summed E-state index contributed by atoms with van der Waals surface area (Å²) in [5.41, 5.74) is 2.67. The minimum absolute atomic E-state index is 0.286. The Labute approximate surface area is 130 Å². The summed E-state index contributed by atoms with van der Waals surface area (Å²) in [7, 11) is 0. The number of anilines is 1. The monoisotopic (exact) mass is 298 g/mol. The standard InChI is InChI=1S/C17H22N4O/c1-12-7-6-8-13(2)15(12)21-11-18-16(20-17(21)22)19-14-9-4-3-5-10-14/h6-8,11,14H,3-5,9-10H2,1-2H3,(H,19,20,22). The van der Waals surface area contributed by atoms with Crippen LogP contribution in [-0.2, 0) is 0 Å². The molecule has 5 heteroatoms. The van der Waals surface area contributed by atoms with Crippen LogP contribution in [0.25, 0.3) is 5.69 Å². The van der Waals surface area contributed by atoms with Gasteiger partial charge in [0.1, 0.15) is 6.33 Å². The van der Waals surface area contributed by atoms with Crippen LogP contribution in [0, 0.1) is 13.8 Å². The summed E-state index contributed by atoms with van der Waals surface area (Å²) >= 11 is 0. The van der Waals surface area contributed by atoms with Gasteiger partial charge in [-0.25, -0.2) is 9.78 Å². The highest BCUT2D eigenvalue weighted by molar-refractivity contribution is 5.46. The number of hydrogen-bond acceptors (Lipinski definition) is 4. The van der Waals surface area contributed by atoms with E-state index in [9.17, 15) is 4.79 Å². The average Bonchev–Trinajstić information content (AvgIpc) is 2.50. The predicted molar refractivity (Wildman–Crippen MR) is 87.6 cm³/mol. The molecule has 0 saturated heterocycles. The summed E-state index contributed by atoms with van der Waals surface area (Å²) in [6.07, 6.45) is 7.60. The zero-order chi connectivity index (χ0) is 15.5. The van der Waals surface area contributed by atoms with Crippen LogP contribution in [0.1, 0.15) is 43.2 Å². The number of benzene rings is 1. The summed E-state index contributed by atoms with van der Waals surface area (Å²) in [5, 5.41) is 3.29. The Morgan fingerprint density at radius 2 is 1.82 bits per heavy atom. The molecule has 1 fully saturated rings. The molecule has 1 N–H and O–H groups in total. The van der Waals surface area contributed by atoms with Crippen molar-refractivity contribution in [1.29, 1.82) is 0 Å². The largest absolute Gasteiger partial charge is 0.356 e. The molecule has 1 heterocycles. The minimum atomic E-state index is -0.286. The van der Waals surface area contributed by atoms with Crippen LogP contribution in [0.4, 0.5) is 5.95 Å². The Hall–Kier alpha value is -2.17. The van der Waals surface area contributed by atoms with Gasteiger partial charge in [0.2, 0.25) is 5.95 Å². The molecule has 1 aliphatic carbocycles. The average molecular weight is 298 g/mol. The molecule has 5 nitrogen and oxygen atoms in total. The van der Waals surface area contributed by atoms with Crippen LogP contribution in [0.3, 0.4) is 0 Å². The van der Waals surface area contributed by atoms with Gasteiger partial charge in [0, 0.05) is 6.04 Å². The number of nitrogens with one attached hydrogen (secondary N) is 1. The lowest BCUT2D eigenvalue weighted by Gasteiger charge is -2.22. The second-order valence-corrected chi connectivity index (χ2v) is 6.05. The van der Waals surface area contributed by atoms with Crippen molar-refractivity contribution in [2.45, 2.75) is 52.0 Å². The van der Waals surface area contributed by atoms with Crippen molar-refractivity contribution in [3.63, 3.8) is 0 Å². The molecule has 1 aliphatic rings. The van der Waals surface area contributed by atoms with Crippen LogP contribution >= 0.6 is 0 Å². The predicted octanol–water partition coefficient (Wildman–Crippen LogP) is 2.99. The van der Waals surface area contributed by atoms with Crippen molar-refractivity contribution in [2.75, 3.05) is 5.32 Å². The van der Waals surface area contributed by atoms with E-state index in [-0.39, 0.29) is 5.69 Å². The summed E-state index contributed by atoms with van der Waals surface area (Å²) < 4.78 is 1.52. The fourth-order valence-electron chi connectivity index (χ4n) is 3.17. The molecular weight excluding hydrogens is 276 g/mol. The summed E-state index contributed by atoms with van der Waals surface area (Å²) in [4.78, 5) is 20.8. The highest BCUT2D eigenvalue weighted by Crippen LogP contribution is 2.20. The van der Waals surface area contributed by atoms with E-state index in [0.717, 1.165) is 29.7 Å². The van der Waals surface area contributed by atoms with Crippen LogP contribution in [0.5, 0.6) is 0 Å². The van der Waals surface area contributed by atoms with Gasteiger partial charge in [0.15, 0.2) is 0 Å². The molecule has 0 radical (unpaired) electrons. The number of hydrogen-bond donors (Lipinski definition) is 1. The van der Waals surface area contributed by atoms with E-state index in [1.807, 2.05) is 32.0 Å². The Morgan fingerprint density at radius 3 is 2.45 bits per heavy atom. The number of rotatable bonds is 3. The van der Waals surface area contributed by atoms with E-state index >= 15 is 0 Å². The first kappa shape index (κ1) is 14.8. The van der Waals surface area contributed by atoms with Crippen LogP contribution in [0.2, 0.25) is 0 Å². The van der Waals surface area contributed by atoms with Crippen LogP contribution in [0.15, 0.2) is 29.3 Å². The van der Waals surface area contributed by atoms with Crippen molar-refractivity contribution in [2.24, 2.45) is 0 Å². The quantitative estimate of drug-likeness (QED) is 0.946. The van der Waals surface area contributed by atoms with E-state index < -0.39 is 0 Å². The van der Waals surface area contributed by atoms with Gasteiger partial charge in [0.05, 0.1) is 5.69 Å². The first-order valence-electron chi connectivity index (χ1n) is 7.94. The number of nitrogens with zero attached hydrogens (tertiary/aromatic N) is 3. The molecule has 0 spiro atoms. The normalized spacial score (nSPS) is 15.7. The summed E-state index contributed by atoms with van der Waals surface area (Å²) in [6.45, 7) is 3.98. The van der Waals surface area contributed by atoms with Crippen molar-refractivity contribution < 1.29 is 0 Å². The number of para-hydroxylation sites is 1. The van der Waals surface area contributed by atoms with Gasteiger partial charge in [-0.1, -0.05) is 37.5 Å². The van der Waals surface area contributed by atoms with Crippen LogP contribution in [-0.4, -0.2) is 20.6 Å². The van der Waals surface area contributed by atoms with E-state index in [2.05, 4.69) is 15.3 Å². The smallest absolute Gasteiger partial charge is 0.351 e. The van der Waals surface area contributed by atoms with E-state index in [0.29, 0.717) is 12.0 Å². The van der Waals surface area contributed by atoms with Gasteiger partial charge < -0.3 is 5.32 Å². The molecule has 0 amide bonds. The fraction of sp³-hybridized carbons (Fsp3) is 0.471. The Kier molecular flexibility index (Phi) is 4.22. The highest BCUT2D eigenvalue weighted by Gasteiger charge is 2.15. The van der Waals surface area contributed by atoms with Crippen molar-refractivity contribution in [3.05, 3.63) is 46.1 Å². The van der Waals surface area contributed by atoms with Crippen molar-refractivity contribution >= 4 is 5.95 Å². The van der Waals surface area contributed by atoms with Gasteiger partial charge >= 0.3 is 5.69 Å². The molecule has 22 heavy (non-hydrogen) atoms. The topological polar surface area (TPSA) is 59.8 Å². The number of aromatic nitrogens is 3. The molecule has 2 aromatic rings. The lowest BCUT2D eigenvalue weighted by Crippen LogP contribution is -2.28. The van der Waals surface area contributed by atoms with Gasteiger partial charge in [-0.3, -0.25) is 4.57 Å². The molecule has 1 aromatic carbocycles. The van der Waals surface area contributed by atoms with Crippen molar-refractivity contribution in [1.82, 2.24) is 14.5 Å². The maximum atomic E-state index is 12.4. The lowest BCUT2D eigenvalue weighted by molar-refractivity contribution is 0.460. The first-order chi connectivity index (χ1) is 10.6. The third-order valence-corrected chi connectivity index (χ3v) is 4.32. The maximum absolute atomic E-state index is 12.4. The molecular formula is C17H22N4O. The van der Waals surface area contributed by atoms with Crippen molar-refractivity contribution in [3.8, 4) is 5.69 Å². The third-order valence-electron chi connectivity index (χ3n) is 4.32.